The van der Waals surface area contributed by atoms with Gasteiger partial charge in [-0.2, -0.15) is 10.4 Å². The van der Waals surface area contributed by atoms with Crippen molar-refractivity contribution < 1.29 is 9.13 Å². The highest BCUT2D eigenvalue weighted by atomic mass is 19.1. The minimum Gasteiger partial charge on any atom is -0.492 e. The van der Waals surface area contributed by atoms with Crippen LogP contribution in [0, 0.1) is 17.1 Å². The second-order valence-corrected chi connectivity index (χ2v) is 7.51. The third kappa shape index (κ3) is 4.79. The van der Waals surface area contributed by atoms with Gasteiger partial charge in [-0.15, -0.1) is 0 Å². The molecule has 34 heavy (non-hydrogen) atoms. The van der Waals surface area contributed by atoms with Gasteiger partial charge in [0, 0.05) is 21.9 Å². The number of aromatic nitrogens is 2. The van der Waals surface area contributed by atoms with Crippen molar-refractivity contribution in [3.63, 3.8) is 0 Å². The summed E-state index contributed by atoms with van der Waals surface area (Å²) in [5.74, 6) is 0.187. The number of anilines is 1. The Labute approximate surface area is 195 Å². The highest BCUT2D eigenvalue weighted by molar-refractivity contribution is 5.98. The summed E-state index contributed by atoms with van der Waals surface area (Å²) in [6.07, 6.45) is 3.24. The third-order valence-electron chi connectivity index (χ3n) is 5.17. The van der Waals surface area contributed by atoms with Crippen molar-refractivity contribution in [3.05, 3.63) is 88.0 Å². The molecule has 8 heteroatoms. The summed E-state index contributed by atoms with van der Waals surface area (Å²) in [6, 6.07) is 19.3. The topological polar surface area (TPSA) is 103 Å². The van der Waals surface area contributed by atoms with E-state index in [1.165, 1.54) is 12.3 Å². The van der Waals surface area contributed by atoms with E-state index in [4.69, 9.17) is 4.74 Å². The number of halogens is 1. The Bertz CT molecular complexity index is 1440. The first-order valence-electron chi connectivity index (χ1n) is 10.8. The van der Waals surface area contributed by atoms with Gasteiger partial charge < -0.3 is 4.74 Å². The molecule has 2 N–H and O–H groups in total. The minimum absolute atomic E-state index is 0.0498. The number of aromatic amines is 1. The van der Waals surface area contributed by atoms with E-state index in [0.29, 0.717) is 34.3 Å². The monoisotopic (exact) mass is 455 g/mol. The molecule has 0 unspecified atom stereocenters. The molecule has 1 heterocycles. The van der Waals surface area contributed by atoms with Gasteiger partial charge in [-0.25, -0.2) is 14.8 Å². The van der Waals surface area contributed by atoms with Crippen LogP contribution in [0.4, 0.5) is 10.3 Å². The molecule has 0 spiro atoms. The highest BCUT2D eigenvalue weighted by Gasteiger charge is 2.14. The Kier molecular flexibility index (Phi) is 6.94. The maximum atomic E-state index is 14.7. The van der Waals surface area contributed by atoms with Gasteiger partial charge in [0.05, 0.1) is 18.5 Å². The van der Waals surface area contributed by atoms with Crippen LogP contribution in [-0.2, 0) is 0 Å². The first kappa shape index (κ1) is 22.7. The summed E-state index contributed by atoms with van der Waals surface area (Å²) in [5, 5.41) is 14.7. The molecule has 0 atom stereocenters. The largest absolute Gasteiger partial charge is 0.492 e. The molecule has 3 aromatic carbocycles. The number of hydrogen-bond donors (Lipinski definition) is 2. The Balaban J connectivity index is 1.68. The van der Waals surface area contributed by atoms with E-state index < -0.39 is 11.4 Å². The van der Waals surface area contributed by atoms with Gasteiger partial charge >= 0.3 is 0 Å². The third-order valence-corrected chi connectivity index (χ3v) is 5.17. The van der Waals surface area contributed by atoms with E-state index in [1.54, 1.807) is 42.5 Å². The maximum Gasteiger partial charge on any atom is 0.270 e. The lowest BCUT2D eigenvalue weighted by atomic mass is 10.0. The number of ether oxygens (including phenoxy) is 1. The molecular weight excluding hydrogens is 433 g/mol. The quantitative estimate of drug-likeness (QED) is 0.215. The van der Waals surface area contributed by atoms with Crippen LogP contribution in [0.25, 0.3) is 22.0 Å². The summed E-state index contributed by atoms with van der Waals surface area (Å²) in [5.41, 5.74) is 3.30. The summed E-state index contributed by atoms with van der Waals surface area (Å²) in [7, 11) is 0. The normalized spacial score (nSPS) is 11.0. The number of nitriles is 1. The Hall–Kier alpha value is -4.51. The number of benzene rings is 3. The fraction of sp³-hybridized carbons (Fsp3) is 0.154. The molecule has 0 fully saturated rings. The Morgan fingerprint density at radius 2 is 1.91 bits per heavy atom. The molecule has 0 saturated heterocycles. The number of H-pyrrole nitrogens is 1. The minimum atomic E-state index is -0.589. The van der Waals surface area contributed by atoms with Crippen molar-refractivity contribution in [2.45, 2.75) is 19.8 Å². The zero-order chi connectivity index (χ0) is 23.9. The molecule has 4 aromatic rings. The SMILES string of the molecule is CCCCOc1c(C=NNc2nc(-c3ccccc3)c(C#N)c(=O)[nH]2)cc(F)c2ccccc12. The van der Waals surface area contributed by atoms with Crippen LogP contribution in [0.2, 0.25) is 0 Å². The van der Waals surface area contributed by atoms with Crippen LogP contribution in [0.5, 0.6) is 5.75 Å². The molecule has 1 aromatic heterocycles. The van der Waals surface area contributed by atoms with E-state index in [0.717, 1.165) is 12.8 Å². The molecule has 4 rings (SSSR count). The predicted molar refractivity (Wildman–Crippen MR) is 131 cm³/mol. The molecule has 0 aliphatic heterocycles. The number of nitrogens with one attached hydrogen (secondary N) is 2. The van der Waals surface area contributed by atoms with E-state index >= 15 is 0 Å². The van der Waals surface area contributed by atoms with Crippen LogP contribution in [-0.4, -0.2) is 22.8 Å². The number of rotatable bonds is 8. The molecular formula is C26H22FN5O2. The van der Waals surface area contributed by atoms with Crippen molar-refractivity contribution in [2.24, 2.45) is 5.10 Å². The van der Waals surface area contributed by atoms with E-state index in [9.17, 15) is 14.4 Å². The van der Waals surface area contributed by atoms with Crippen LogP contribution < -0.4 is 15.7 Å². The molecule has 0 aliphatic rings. The van der Waals surface area contributed by atoms with E-state index in [2.05, 4.69) is 27.4 Å². The fourth-order valence-corrected chi connectivity index (χ4v) is 3.50. The number of nitrogens with zero attached hydrogens (tertiary/aromatic N) is 3. The van der Waals surface area contributed by atoms with Crippen LogP contribution in [0.1, 0.15) is 30.9 Å². The van der Waals surface area contributed by atoms with Gasteiger partial charge in [0.15, 0.2) is 0 Å². The van der Waals surface area contributed by atoms with Gasteiger partial charge in [-0.3, -0.25) is 9.78 Å². The zero-order valence-electron chi connectivity index (χ0n) is 18.5. The van der Waals surface area contributed by atoms with Crippen molar-refractivity contribution in [1.29, 1.82) is 5.26 Å². The lowest BCUT2D eigenvalue weighted by molar-refractivity contribution is 0.312. The number of unbranched alkanes of at least 4 members (excludes halogenated alkanes) is 1. The van der Waals surface area contributed by atoms with Crippen LogP contribution in [0.3, 0.4) is 0 Å². The number of hydrogen-bond acceptors (Lipinski definition) is 6. The standard InChI is InChI=1S/C26H22FN5O2/c1-2-3-13-34-24-18(14-22(27)19-11-7-8-12-20(19)24)16-29-32-26-30-23(17-9-5-4-6-10-17)21(15-28)25(33)31-26/h4-12,14,16H,2-3,13H2,1H3,(H2,30,31,32,33). The molecule has 0 amide bonds. The lowest BCUT2D eigenvalue weighted by Crippen LogP contribution is -2.16. The highest BCUT2D eigenvalue weighted by Crippen LogP contribution is 2.31. The molecule has 0 saturated carbocycles. The average Bonchev–Trinajstić information content (AvgIpc) is 2.86. The Morgan fingerprint density at radius 1 is 1.18 bits per heavy atom. The summed E-state index contributed by atoms with van der Waals surface area (Å²) in [6.45, 7) is 2.55. The number of fused-ring (bicyclic) bond motifs is 1. The van der Waals surface area contributed by atoms with Crippen molar-refractivity contribution in [1.82, 2.24) is 9.97 Å². The molecule has 0 bridgehead atoms. The lowest BCUT2D eigenvalue weighted by Gasteiger charge is -2.13. The van der Waals surface area contributed by atoms with E-state index in [1.807, 2.05) is 18.2 Å². The Morgan fingerprint density at radius 3 is 2.65 bits per heavy atom. The molecule has 0 radical (unpaired) electrons. The second-order valence-electron chi connectivity index (χ2n) is 7.51. The molecule has 170 valence electrons. The summed E-state index contributed by atoms with van der Waals surface area (Å²) < 4.78 is 20.7. The maximum absolute atomic E-state index is 14.7. The van der Waals surface area contributed by atoms with Crippen LogP contribution >= 0.6 is 0 Å². The summed E-state index contributed by atoms with van der Waals surface area (Å²) in [4.78, 5) is 19.3. The average molecular weight is 455 g/mol. The smallest absolute Gasteiger partial charge is 0.270 e. The zero-order valence-corrected chi connectivity index (χ0v) is 18.5. The van der Waals surface area contributed by atoms with Gasteiger partial charge in [0.2, 0.25) is 5.95 Å². The van der Waals surface area contributed by atoms with Gasteiger partial charge in [-0.05, 0) is 12.5 Å². The first-order chi connectivity index (χ1) is 16.6. The first-order valence-corrected chi connectivity index (χ1v) is 10.8. The van der Waals surface area contributed by atoms with Gasteiger partial charge in [-0.1, -0.05) is 67.9 Å². The second kappa shape index (κ2) is 10.4. The molecule has 0 aliphatic carbocycles. The van der Waals surface area contributed by atoms with Crippen LogP contribution in [0.15, 0.2) is 70.6 Å². The fourth-order valence-electron chi connectivity index (χ4n) is 3.50. The summed E-state index contributed by atoms with van der Waals surface area (Å²) >= 11 is 0. The van der Waals surface area contributed by atoms with Crippen molar-refractivity contribution in [3.8, 4) is 23.1 Å². The van der Waals surface area contributed by atoms with E-state index in [-0.39, 0.29) is 17.2 Å². The predicted octanol–water partition coefficient (Wildman–Crippen LogP) is 5.23. The van der Waals surface area contributed by atoms with Crippen molar-refractivity contribution in [2.75, 3.05) is 12.0 Å². The van der Waals surface area contributed by atoms with Gasteiger partial charge in [0.25, 0.3) is 5.56 Å². The number of hydrazone groups is 1. The molecule has 7 nitrogen and oxygen atoms in total. The van der Waals surface area contributed by atoms with Crippen molar-refractivity contribution >= 4 is 22.9 Å². The van der Waals surface area contributed by atoms with Gasteiger partial charge in [0.1, 0.15) is 23.2 Å².